The number of anilines is 1. The van der Waals surface area contributed by atoms with E-state index in [1.54, 1.807) is 16.6 Å². The van der Waals surface area contributed by atoms with Gasteiger partial charge in [-0.05, 0) is 27.9 Å². The average Bonchev–Trinajstić information content (AvgIpc) is 2.53. The lowest BCUT2D eigenvalue weighted by atomic mass is 10.3. The highest BCUT2D eigenvalue weighted by Crippen LogP contribution is 2.14. The first-order valence-electron chi connectivity index (χ1n) is 6.01. The number of nitrogens with zero attached hydrogens (tertiary/aromatic N) is 4. The number of hydrogen-bond acceptors (Lipinski definition) is 4. The summed E-state index contributed by atoms with van der Waals surface area (Å²) in [7, 11) is 5.78. The Morgan fingerprint density at radius 3 is 2.33 bits per heavy atom. The van der Waals surface area contributed by atoms with Gasteiger partial charge in [0.05, 0.1) is 17.1 Å². The third kappa shape index (κ3) is 3.46. The molecule has 0 aromatic carbocycles. The van der Waals surface area contributed by atoms with E-state index in [9.17, 15) is 4.79 Å². The van der Waals surface area contributed by atoms with E-state index < -0.39 is 0 Å². The fourth-order valence-electron chi connectivity index (χ4n) is 1.59. The average molecular weight is 253 g/mol. The Kier molecular flexibility index (Phi) is 4.72. The molecule has 1 heterocycles. The molecule has 2 N–H and O–H groups in total. The maximum absolute atomic E-state index is 12.0. The fourth-order valence-corrected chi connectivity index (χ4v) is 1.59. The summed E-state index contributed by atoms with van der Waals surface area (Å²) in [6, 6.07) is 0. The van der Waals surface area contributed by atoms with Crippen LogP contribution in [-0.4, -0.2) is 59.7 Å². The lowest BCUT2D eigenvalue weighted by Gasteiger charge is -2.19. The summed E-state index contributed by atoms with van der Waals surface area (Å²) in [5.74, 6) is 0.0439. The Labute approximate surface area is 108 Å². The minimum Gasteiger partial charge on any atom is -0.396 e. The molecule has 1 aromatic rings. The van der Waals surface area contributed by atoms with E-state index in [2.05, 4.69) is 5.10 Å². The second-order valence-corrected chi connectivity index (χ2v) is 4.86. The standard InChI is InChI=1S/C12H23N5O/c1-9-12(13)10(2)17(14-9)8-11(18)16(5)7-6-15(3)4/h6-8,13H2,1-5H3. The molecule has 0 radical (unpaired) electrons. The Morgan fingerprint density at radius 2 is 1.89 bits per heavy atom. The van der Waals surface area contributed by atoms with Gasteiger partial charge in [-0.1, -0.05) is 0 Å². The van der Waals surface area contributed by atoms with Crippen LogP contribution in [0.1, 0.15) is 11.4 Å². The molecule has 102 valence electrons. The van der Waals surface area contributed by atoms with Gasteiger partial charge in [-0.3, -0.25) is 9.48 Å². The maximum Gasteiger partial charge on any atom is 0.244 e. The van der Waals surface area contributed by atoms with Crippen molar-refractivity contribution in [3.05, 3.63) is 11.4 Å². The van der Waals surface area contributed by atoms with Crippen LogP contribution in [0.2, 0.25) is 0 Å². The van der Waals surface area contributed by atoms with Crippen LogP contribution in [0, 0.1) is 13.8 Å². The molecule has 0 bridgehead atoms. The molecule has 18 heavy (non-hydrogen) atoms. The molecule has 1 aromatic heterocycles. The molecule has 0 spiro atoms. The predicted octanol–water partition coefficient (Wildman–Crippen LogP) is 0.102. The van der Waals surface area contributed by atoms with Gasteiger partial charge in [0.25, 0.3) is 0 Å². The number of amides is 1. The van der Waals surface area contributed by atoms with E-state index in [0.29, 0.717) is 12.2 Å². The van der Waals surface area contributed by atoms with Gasteiger partial charge in [0.2, 0.25) is 5.91 Å². The molecule has 6 heteroatoms. The van der Waals surface area contributed by atoms with E-state index in [0.717, 1.165) is 17.9 Å². The van der Waals surface area contributed by atoms with Gasteiger partial charge in [0.15, 0.2) is 0 Å². The molecule has 0 saturated heterocycles. The number of rotatable bonds is 5. The molecule has 1 amide bonds. The van der Waals surface area contributed by atoms with Gasteiger partial charge in [-0.15, -0.1) is 0 Å². The smallest absolute Gasteiger partial charge is 0.244 e. The zero-order chi connectivity index (χ0) is 13.9. The lowest BCUT2D eigenvalue weighted by molar-refractivity contribution is -0.130. The molecular weight excluding hydrogens is 230 g/mol. The van der Waals surface area contributed by atoms with Crippen molar-refractivity contribution < 1.29 is 4.79 Å². The first-order chi connectivity index (χ1) is 8.32. The van der Waals surface area contributed by atoms with Gasteiger partial charge < -0.3 is 15.5 Å². The third-order valence-electron chi connectivity index (χ3n) is 3.03. The number of carbonyl (C=O) groups is 1. The zero-order valence-corrected chi connectivity index (χ0v) is 11.9. The lowest BCUT2D eigenvalue weighted by Crippen LogP contribution is -2.35. The summed E-state index contributed by atoms with van der Waals surface area (Å²) in [5, 5.41) is 4.26. The van der Waals surface area contributed by atoms with Gasteiger partial charge in [-0.2, -0.15) is 5.10 Å². The number of nitrogens with two attached hydrogens (primary N) is 1. The van der Waals surface area contributed by atoms with Crippen molar-refractivity contribution in [2.45, 2.75) is 20.4 Å². The Hall–Kier alpha value is -1.56. The SMILES string of the molecule is Cc1nn(CC(=O)N(C)CCN(C)C)c(C)c1N. The fraction of sp³-hybridized carbons (Fsp3) is 0.667. The van der Waals surface area contributed by atoms with E-state index in [-0.39, 0.29) is 12.5 Å². The minimum atomic E-state index is 0.0439. The van der Waals surface area contributed by atoms with E-state index in [1.807, 2.05) is 32.8 Å². The van der Waals surface area contributed by atoms with Crippen LogP contribution in [0.4, 0.5) is 5.69 Å². The molecule has 0 aliphatic heterocycles. The second kappa shape index (κ2) is 5.86. The van der Waals surface area contributed by atoms with Crippen LogP contribution in [0.15, 0.2) is 0 Å². The molecule has 0 aliphatic carbocycles. The third-order valence-corrected chi connectivity index (χ3v) is 3.03. The number of nitrogen functional groups attached to an aromatic ring is 1. The van der Waals surface area contributed by atoms with Gasteiger partial charge >= 0.3 is 0 Å². The van der Waals surface area contributed by atoms with Crippen molar-refractivity contribution in [2.24, 2.45) is 0 Å². The topological polar surface area (TPSA) is 67.4 Å². The first-order valence-corrected chi connectivity index (χ1v) is 6.01. The van der Waals surface area contributed by atoms with Crippen molar-refractivity contribution in [1.82, 2.24) is 19.6 Å². The zero-order valence-electron chi connectivity index (χ0n) is 11.9. The van der Waals surface area contributed by atoms with Crippen LogP contribution in [0.5, 0.6) is 0 Å². The number of carbonyl (C=O) groups excluding carboxylic acids is 1. The van der Waals surface area contributed by atoms with Crippen molar-refractivity contribution in [3.8, 4) is 0 Å². The van der Waals surface area contributed by atoms with E-state index >= 15 is 0 Å². The maximum atomic E-state index is 12.0. The normalized spacial score (nSPS) is 11.0. The van der Waals surface area contributed by atoms with Crippen LogP contribution >= 0.6 is 0 Å². The highest BCUT2D eigenvalue weighted by Gasteiger charge is 2.14. The molecule has 0 fully saturated rings. The summed E-state index contributed by atoms with van der Waals surface area (Å²) in [6.45, 7) is 5.53. The van der Waals surface area contributed by atoms with E-state index in [1.165, 1.54) is 0 Å². The van der Waals surface area contributed by atoms with Gasteiger partial charge in [0, 0.05) is 20.1 Å². The monoisotopic (exact) mass is 253 g/mol. The van der Waals surface area contributed by atoms with Crippen LogP contribution in [-0.2, 0) is 11.3 Å². The number of hydrogen-bond donors (Lipinski definition) is 1. The number of aryl methyl sites for hydroxylation is 1. The predicted molar refractivity (Wildman–Crippen MR) is 72.3 cm³/mol. The van der Waals surface area contributed by atoms with Gasteiger partial charge in [0.1, 0.15) is 6.54 Å². The van der Waals surface area contributed by atoms with Crippen molar-refractivity contribution in [1.29, 1.82) is 0 Å². The number of aromatic nitrogens is 2. The Morgan fingerprint density at radius 1 is 1.28 bits per heavy atom. The summed E-state index contributed by atoms with van der Waals surface area (Å²) in [5.41, 5.74) is 8.13. The summed E-state index contributed by atoms with van der Waals surface area (Å²) < 4.78 is 1.67. The van der Waals surface area contributed by atoms with E-state index in [4.69, 9.17) is 5.73 Å². The Bertz CT molecular complexity index is 424. The quantitative estimate of drug-likeness (QED) is 0.808. The molecule has 0 aliphatic rings. The van der Waals surface area contributed by atoms with Crippen LogP contribution in [0.3, 0.4) is 0 Å². The molecule has 6 nitrogen and oxygen atoms in total. The highest BCUT2D eigenvalue weighted by molar-refractivity contribution is 5.75. The Balaban J connectivity index is 2.61. The molecule has 0 saturated carbocycles. The molecular formula is C12H23N5O. The van der Waals surface area contributed by atoms with Crippen LogP contribution in [0.25, 0.3) is 0 Å². The summed E-state index contributed by atoms with van der Waals surface area (Å²) >= 11 is 0. The minimum absolute atomic E-state index is 0.0439. The van der Waals surface area contributed by atoms with Crippen LogP contribution < -0.4 is 5.73 Å². The van der Waals surface area contributed by atoms with Crippen molar-refractivity contribution >= 4 is 11.6 Å². The second-order valence-electron chi connectivity index (χ2n) is 4.86. The highest BCUT2D eigenvalue weighted by atomic mass is 16.2. The van der Waals surface area contributed by atoms with Gasteiger partial charge in [-0.25, -0.2) is 0 Å². The largest absolute Gasteiger partial charge is 0.396 e. The first kappa shape index (κ1) is 14.5. The molecule has 1 rings (SSSR count). The van der Waals surface area contributed by atoms with Crippen molar-refractivity contribution in [3.63, 3.8) is 0 Å². The molecule has 0 atom stereocenters. The summed E-state index contributed by atoms with van der Waals surface area (Å²) in [4.78, 5) is 15.8. The number of likely N-dealkylation sites (N-methyl/N-ethyl adjacent to an activating group) is 2. The molecule has 0 unspecified atom stereocenters. The van der Waals surface area contributed by atoms with Crippen molar-refractivity contribution in [2.75, 3.05) is 40.0 Å². The summed E-state index contributed by atoms with van der Waals surface area (Å²) in [6.07, 6.45) is 0.